The maximum Gasteiger partial charge on any atom is 0.410 e. The zero-order valence-corrected chi connectivity index (χ0v) is 20.5. The highest BCUT2D eigenvalue weighted by atomic mass is 16.6. The topological polar surface area (TPSA) is 75.9 Å². The molecule has 1 saturated heterocycles. The quantitative estimate of drug-likeness (QED) is 0.368. The lowest BCUT2D eigenvalue weighted by Crippen LogP contribution is -2.50. The number of carbonyl (C=O) groups excluding carboxylic acids is 1. The van der Waals surface area contributed by atoms with Gasteiger partial charge < -0.3 is 19.0 Å². The molecule has 0 N–H and O–H groups in total. The summed E-state index contributed by atoms with van der Waals surface area (Å²) >= 11 is 0. The van der Waals surface area contributed by atoms with Crippen LogP contribution in [0.25, 0.3) is 33.7 Å². The molecule has 2 aliphatic heterocycles. The van der Waals surface area contributed by atoms with Gasteiger partial charge in [-0.05, 0) is 69.2 Å². The second-order valence-electron chi connectivity index (χ2n) is 9.93. The first kappa shape index (κ1) is 22.9. The van der Waals surface area contributed by atoms with E-state index in [9.17, 15) is 9.59 Å². The molecule has 180 valence electrons. The van der Waals surface area contributed by atoms with Gasteiger partial charge in [0.2, 0.25) is 0 Å². The van der Waals surface area contributed by atoms with E-state index in [2.05, 4.69) is 4.90 Å². The summed E-state index contributed by atoms with van der Waals surface area (Å²) in [6.45, 7) is 10.1. The Morgan fingerprint density at radius 2 is 1.69 bits per heavy atom. The third kappa shape index (κ3) is 4.58. The minimum Gasteiger partial charge on any atom is -0.452 e. The molecule has 0 radical (unpaired) electrons. The van der Waals surface area contributed by atoms with Gasteiger partial charge in [0.25, 0.3) is 0 Å². The summed E-state index contributed by atoms with van der Waals surface area (Å²) in [4.78, 5) is 34.2. The number of aryl methyl sites for hydroxylation is 1. The predicted molar refractivity (Wildman–Crippen MR) is 137 cm³/mol. The molecular weight excluding hydrogens is 442 g/mol. The van der Waals surface area contributed by atoms with Gasteiger partial charge in [-0.15, -0.1) is 0 Å². The molecule has 5 rings (SSSR count). The fourth-order valence-corrected chi connectivity index (χ4v) is 4.40. The fraction of sp³-hybridized carbons (Fsp3) is 0.321. The van der Waals surface area contributed by atoms with Crippen LogP contribution in [-0.2, 0) is 4.74 Å². The van der Waals surface area contributed by atoms with Gasteiger partial charge in [-0.3, -0.25) is 4.79 Å². The lowest BCUT2D eigenvalue weighted by Gasteiger charge is -2.36. The van der Waals surface area contributed by atoms with Gasteiger partial charge in [0.15, 0.2) is 16.8 Å². The summed E-state index contributed by atoms with van der Waals surface area (Å²) in [7, 11) is 0. The van der Waals surface area contributed by atoms with Gasteiger partial charge in [0.05, 0.1) is 5.56 Å². The Hall–Kier alpha value is -3.87. The highest BCUT2D eigenvalue weighted by Gasteiger charge is 2.26. The normalized spacial score (nSPS) is 14.5. The number of nitrogens with zero attached hydrogens (tertiary/aromatic N) is 3. The standard InChI is InChI=1S/C28H29N3O4/c1-18-17-22-26(34-23-8-6-5-7-21(23)29-22)24(25(18)32)19-9-11-20(12-10-19)30-13-15-31(16-14-30)27(33)35-28(2,3)4/h5-12,17H,13-16H2,1-4H3. The van der Waals surface area contributed by atoms with Crippen LogP contribution in [0.15, 0.2) is 63.8 Å². The molecule has 0 saturated carbocycles. The van der Waals surface area contributed by atoms with E-state index in [1.807, 2.05) is 69.3 Å². The number of anilines is 1. The average Bonchev–Trinajstić information content (AvgIpc) is 2.83. The molecule has 35 heavy (non-hydrogen) atoms. The predicted octanol–water partition coefficient (Wildman–Crippen LogP) is 5.33. The molecule has 7 heteroatoms. The van der Waals surface area contributed by atoms with Crippen LogP contribution in [0.2, 0.25) is 0 Å². The lowest BCUT2D eigenvalue weighted by molar-refractivity contribution is 0.0240. The Bertz CT molecular complexity index is 1410. The van der Waals surface area contributed by atoms with Gasteiger partial charge in [-0.2, -0.15) is 0 Å². The number of para-hydroxylation sites is 2. The number of amides is 1. The highest BCUT2D eigenvalue weighted by Crippen LogP contribution is 2.34. The summed E-state index contributed by atoms with van der Waals surface area (Å²) in [5.74, 6) is 0.498. The molecule has 3 aliphatic rings. The van der Waals surface area contributed by atoms with E-state index in [1.54, 1.807) is 17.9 Å². The first-order chi connectivity index (χ1) is 16.7. The van der Waals surface area contributed by atoms with Crippen molar-refractivity contribution in [2.45, 2.75) is 33.3 Å². The van der Waals surface area contributed by atoms with Crippen molar-refractivity contribution in [1.82, 2.24) is 9.88 Å². The van der Waals surface area contributed by atoms with Crippen LogP contribution in [0.5, 0.6) is 0 Å². The largest absolute Gasteiger partial charge is 0.452 e. The number of rotatable bonds is 2. The molecule has 1 aliphatic carbocycles. The summed E-state index contributed by atoms with van der Waals surface area (Å²) in [5.41, 5.74) is 4.50. The van der Waals surface area contributed by atoms with Crippen molar-refractivity contribution in [2.75, 3.05) is 31.1 Å². The summed E-state index contributed by atoms with van der Waals surface area (Å²) in [6.07, 6.45) is -0.272. The van der Waals surface area contributed by atoms with E-state index in [1.165, 1.54) is 0 Å². The molecule has 0 spiro atoms. The van der Waals surface area contributed by atoms with E-state index in [0.29, 0.717) is 54.3 Å². The lowest BCUT2D eigenvalue weighted by atomic mass is 9.97. The molecule has 2 aromatic rings. The molecule has 0 atom stereocenters. The third-order valence-electron chi connectivity index (χ3n) is 6.17. The molecule has 1 fully saturated rings. The summed E-state index contributed by atoms with van der Waals surface area (Å²) in [6, 6.07) is 17.3. The number of benzene rings is 3. The van der Waals surface area contributed by atoms with Crippen molar-refractivity contribution in [3.63, 3.8) is 0 Å². The second kappa shape index (κ2) is 8.73. The number of hydrogen-bond acceptors (Lipinski definition) is 6. The molecular formula is C28H29N3O4. The maximum atomic E-state index is 13.2. The second-order valence-corrected chi connectivity index (χ2v) is 9.93. The van der Waals surface area contributed by atoms with Crippen molar-refractivity contribution >= 4 is 22.9 Å². The van der Waals surface area contributed by atoms with Crippen molar-refractivity contribution in [1.29, 1.82) is 0 Å². The molecule has 0 bridgehead atoms. The van der Waals surface area contributed by atoms with Crippen LogP contribution in [0.1, 0.15) is 26.3 Å². The minimum atomic E-state index is -0.501. The number of hydrogen-bond donors (Lipinski definition) is 0. The van der Waals surface area contributed by atoms with E-state index in [0.717, 1.165) is 16.8 Å². The van der Waals surface area contributed by atoms with Crippen molar-refractivity contribution in [3.05, 3.63) is 70.4 Å². The molecule has 1 amide bonds. The van der Waals surface area contributed by atoms with Gasteiger partial charge in [-0.1, -0.05) is 24.3 Å². The van der Waals surface area contributed by atoms with Crippen molar-refractivity contribution in [3.8, 4) is 22.6 Å². The van der Waals surface area contributed by atoms with E-state index >= 15 is 0 Å². The summed E-state index contributed by atoms with van der Waals surface area (Å²) in [5, 5.41) is 0. The SMILES string of the molecule is Cc1cc2nc3ccccc3oc-2c(-c2ccc(N3CCN(C(=O)OC(C)(C)C)CC3)cc2)c1=O. The number of fused-ring (bicyclic) bond motifs is 2. The van der Waals surface area contributed by atoms with Crippen LogP contribution in [-0.4, -0.2) is 47.8 Å². The Morgan fingerprint density at radius 1 is 1.00 bits per heavy atom. The smallest absolute Gasteiger partial charge is 0.410 e. The Kier molecular flexibility index (Phi) is 5.71. The van der Waals surface area contributed by atoms with E-state index in [-0.39, 0.29) is 11.5 Å². The van der Waals surface area contributed by atoms with E-state index in [4.69, 9.17) is 14.1 Å². The molecule has 0 aromatic heterocycles. The van der Waals surface area contributed by atoms with Crippen LogP contribution in [0, 0.1) is 6.92 Å². The molecule has 7 nitrogen and oxygen atoms in total. The van der Waals surface area contributed by atoms with Gasteiger partial charge in [0, 0.05) is 31.9 Å². The van der Waals surface area contributed by atoms with Gasteiger partial charge in [0.1, 0.15) is 16.8 Å². The van der Waals surface area contributed by atoms with Crippen molar-refractivity contribution < 1.29 is 13.9 Å². The monoisotopic (exact) mass is 471 g/mol. The van der Waals surface area contributed by atoms with E-state index < -0.39 is 5.60 Å². The van der Waals surface area contributed by atoms with Gasteiger partial charge >= 0.3 is 6.09 Å². The Labute approximate surface area is 204 Å². The zero-order chi connectivity index (χ0) is 24.7. The first-order valence-electron chi connectivity index (χ1n) is 11.9. The molecule has 2 aromatic carbocycles. The minimum absolute atomic E-state index is 0.0583. The van der Waals surface area contributed by atoms with Gasteiger partial charge in [-0.25, -0.2) is 9.78 Å². The average molecular weight is 472 g/mol. The zero-order valence-electron chi connectivity index (χ0n) is 20.5. The summed E-state index contributed by atoms with van der Waals surface area (Å²) < 4.78 is 11.7. The fourth-order valence-electron chi connectivity index (χ4n) is 4.40. The first-order valence-corrected chi connectivity index (χ1v) is 11.9. The van der Waals surface area contributed by atoms with Crippen LogP contribution < -0.4 is 10.3 Å². The third-order valence-corrected chi connectivity index (χ3v) is 6.17. The Balaban J connectivity index is 1.40. The van der Waals surface area contributed by atoms with Crippen LogP contribution >= 0.6 is 0 Å². The number of carbonyl (C=O) groups is 1. The molecule has 2 heterocycles. The van der Waals surface area contributed by atoms with Crippen molar-refractivity contribution in [2.24, 2.45) is 0 Å². The van der Waals surface area contributed by atoms with Crippen LogP contribution in [0.3, 0.4) is 0 Å². The number of ether oxygens (including phenoxy) is 1. The number of aromatic nitrogens is 1. The highest BCUT2D eigenvalue weighted by molar-refractivity contribution is 5.85. The Morgan fingerprint density at radius 3 is 2.37 bits per heavy atom. The number of piperazine rings is 1. The maximum absolute atomic E-state index is 13.2. The van der Waals surface area contributed by atoms with Crippen LogP contribution in [0.4, 0.5) is 10.5 Å². The molecule has 0 unspecified atom stereocenters.